The maximum atomic E-state index is 11.5. The Kier molecular flexibility index (Phi) is 4.19. The predicted molar refractivity (Wildman–Crippen MR) is 81.2 cm³/mol. The highest BCUT2D eigenvalue weighted by atomic mass is 16.7. The molecule has 0 N–H and O–H groups in total. The Morgan fingerprint density at radius 3 is 2.27 bits per heavy atom. The number of hydrogen-bond acceptors (Lipinski definition) is 4. The Hall–Kier alpha value is -2.62. The molecule has 4 heteroatoms. The van der Waals surface area contributed by atoms with Gasteiger partial charge in [0.05, 0.1) is 0 Å². The fourth-order valence-electron chi connectivity index (χ4n) is 2.66. The maximum Gasteiger partial charge on any atom is 0.231 e. The van der Waals surface area contributed by atoms with E-state index in [0.717, 1.165) is 23.7 Å². The average Bonchev–Trinajstić information content (AvgIpc) is 3.04. The van der Waals surface area contributed by atoms with E-state index in [4.69, 9.17) is 9.47 Å². The molecular formula is C18H16O4. The van der Waals surface area contributed by atoms with Crippen LogP contribution in [0.15, 0.2) is 48.5 Å². The molecule has 4 nitrogen and oxygen atoms in total. The normalized spacial score (nSPS) is 15.1. The van der Waals surface area contributed by atoms with E-state index in [2.05, 4.69) is 0 Å². The minimum Gasteiger partial charge on any atom is -0.454 e. The topological polar surface area (TPSA) is 52.6 Å². The van der Waals surface area contributed by atoms with E-state index in [1.54, 1.807) is 6.07 Å². The highest BCUT2D eigenvalue weighted by molar-refractivity contribution is 5.68. The SMILES string of the molecule is O=CC(CC(C=O)c1ccc2c(c1)OCO2)c1ccccc1. The molecule has 3 rings (SSSR count). The third-order valence-electron chi connectivity index (χ3n) is 3.89. The lowest BCUT2D eigenvalue weighted by atomic mass is 9.86. The highest BCUT2D eigenvalue weighted by Crippen LogP contribution is 2.36. The van der Waals surface area contributed by atoms with Crippen molar-refractivity contribution in [2.75, 3.05) is 6.79 Å². The van der Waals surface area contributed by atoms with Crippen molar-refractivity contribution >= 4 is 12.6 Å². The van der Waals surface area contributed by atoms with E-state index >= 15 is 0 Å². The zero-order valence-electron chi connectivity index (χ0n) is 12.0. The van der Waals surface area contributed by atoms with Crippen LogP contribution in [0.2, 0.25) is 0 Å². The van der Waals surface area contributed by atoms with Crippen molar-refractivity contribution in [2.45, 2.75) is 18.3 Å². The first-order chi connectivity index (χ1) is 10.8. The van der Waals surface area contributed by atoms with E-state index in [9.17, 15) is 9.59 Å². The molecule has 0 spiro atoms. The van der Waals surface area contributed by atoms with Crippen LogP contribution in [0.1, 0.15) is 29.4 Å². The van der Waals surface area contributed by atoms with Crippen molar-refractivity contribution in [3.63, 3.8) is 0 Å². The van der Waals surface area contributed by atoms with Crippen molar-refractivity contribution in [3.05, 3.63) is 59.7 Å². The molecular weight excluding hydrogens is 280 g/mol. The minimum absolute atomic E-state index is 0.200. The fourth-order valence-corrected chi connectivity index (χ4v) is 2.66. The van der Waals surface area contributed by atoms with Crippen LogP contribution in [-0.2, 0) is 9.59 Å². The molecule has 0 amide bonds. The lowest BCUT2D eigenvalue weighted by Gasteiger charge is -2.16. The Balaban J connectivity index is 1.82. The number of ether oxygens (including phenoxy) is 2. The number of hydrogen-bond donors (Lipinski definition) is 0. The fraction of sp³-hybridized carbons (Fsp3) is 0.222. The molecule has 0 saturated carbocycles. The lowest BCUT2D eigenvalue weighted by Crippen LogP contribution is -2.09. The third-order valence-corrected chi connectivity index (χ3v) is 3.89. The third kappa shape index (κ3) is 2.86. The monoisotopic (exact) mass is 296 g/mol. The summed E-state index contributed by atoms with van der Waals surface area (Å²) < 4.78 is 10.6. The van der Waals surface area contributed by atoms with Gasteiger partial charge in [-0.25, -0.2) is 0 Å². The van der Waals surface area contributed by atoms with Crippen LogP contribution >= 0.6 is 0 Å². The van der Waals surface area contributed by atoms with E-state index in [-0.39, 0.29) is 18.6 Å². The second-order valence-electron chi connectivity index (χ2n) is 5.24. The van der Waals surface area contributed by atoms with Gasteiger partial charge in [-0.05, 0) is 29.7 Å². The summed E-state index contributed by atoms with van der Waals surface area (Å²) in [6, 6.07) is 15.0. The molecule has 2 aromatic rings. The van der Waals surface area contributed by atoms with Crippen LogP contribution in [0.3, 0.4) is 0 Å². The van der Waals surface area contributed by atoms with Crippen molar-refractivity contribution in [1.82, 2.24) is 0 Å². The summed E-state index contributed by atoms with van der Waals surface area (Å²) in [6.07, 6.45) is 2.23. The molecule has 0 radical (unpaired) electrons. The molecule has 0 aromatic heterocycles. The van der Waals surface area contributed by atoms with Crippen molar-refractivity contribution < 1.29 is 19.1 Å². The first-order valence-corrected chi connectivity index (χ1v) is 7.17. The van der Waals surface area contributed by atoms with Gasteiger partial charge in [-0.15, -0.1) is 0 Å². The quantitative estimate of drug-likeness (QED) is 0.769. The number of fused-ring (bicyclic) bond motifs is 1. The molecule has 1 aliphatic rings. The van der Waals surface area contributed by atoms with E-state index < -0.39 is 0 Å². The van der Waals surface area contributed by atoms with E-state index in [1.807, 2.05) is 42.5 Å². The zero-order chi connectivity index (χ0) is 15.4. The summed E-state index contributed by atoms with van der Waals surface area (Å²) in [7, 11) is 0. The largest absolute Gasteiger partial charge is 0.454 e. The first-order valence-electron chi connectivity index (χ1n) is 7.17. The Bertz CT molecular complexity index is 666. The second kappa shape index (κ2) is 6.43. The molecule has 0 fully saturated rings. The van der Waals surface area contributed by atoms with Crippen LogP contribution in [-0.4, -0.2) is 19.4 Å². The Labute approximate surface area is 128 Å². The summed E-state index contributed by atoms with van der Waals surface area (Å²) in [4.78, 5) is 22.9. The number of aldehydes is 2. The summed E-state index contributed by atoms with van der Waals surface area (Å²) in [5, 5.41) is 0. The van der Waals surface area contributed by atoms with Gasteiger partial charge in [0.25, 0.3) is 0 Å². The van der Waals surface area contributed by atoms with Gasteiger partial charge in [0.2, 0.25) is 6.79 Å². The van der Waals surface area contributed by atoms with Gasteiger partial charge in [0.1, 0.15) is 12.6 Å². The highest BCUT2D eigenvalue weighted by Gasteiger charge is 2.21. The first kappa shape index (κ1) is 14.3. The minimum atomic E-state index is -0.357. The summed E-state index contributed by atoms with van der Waals surface area (Å²) in [6.45, 7) is 0.200. The van der Waals surface area contributed by atoms with Gasteiger partial charge in [-0.3, -0.25) is 0 Å². The van der Waals surface area contributed by atoms with Gasteiger partial charge in [-0.2, -0.15) is 0 Å². The molecule has 22 heavy (non-hydrogen) atoms. The van der Waals surface area contributed by atoms with Gasteiger partial charge in [0, 0.05) is 11.8 Å². The average molecular weight is 296 g/mol. The van der Waals surface area contributed by atoms with E-state index in [0.29, 0.717) is 17.9 Å². The van der Waals surface area contributed by atoms with Crippen molar-refractivity contribution in [1.29, 1.82) is 0 Å². The number of carbonyl (C=O) groups excluding carboxylic acids is 2. The smallest absolute Gasteiger partial charge is 0.231 e. The molecule has 112 valence electrons. The van der Waals surface area contributed by atoms with Crippen LogP contribution in [0, 0.1) is 0 Å². The van der Waals surface area contributed by atoms with Crippen molar-refractivity contribution in [3.8, 4) is 11.5 Å². The summed E-state index contributed by atoms with van der Waals surface area (Å²) >= 11 is 0. The number of carbonyl (C=O) groups is 2. The molecule has 2 aromatic carbocycles. The van der Waals surface area contributed by atoms with Crippen molar-refractivity contribution in [2.24, 2.45) is 0 Å². The standard InChI is InChI=1S/C18H16O4/c19-10-15(13-4-2-1-3-5-13)8-16(11-20)14-6-7-17-18(9-14)22-12-21-17/h1-7,9-11,15-16H,8,12H2. The molecule has 0 aliphatic carbocycles. The summed E-state index contributed by atoms with van der Waals surface area (Å²) in [5.74, 6) is 0.668. The van der Waals surface area contributed by atoms with Gasteiger partial charge < -0.3 is 19.1 Å². The predicted octanol–water partition coefficient (Wildman–Crippen LogP) is 3.07. The summed E-state index contributed by atoms with van der Waals surface area (Å²) in [5.41, 5.74) is 1.76. The van der Waals surface area contributed by atoms with Gasteiger partial charge in [-0.1, -0.05) is 36.4 Å². The van der Waals surface area contributed by atoms with Crippen LogP contribution in [0.25, 0.3) is 0 Å². The number of benzene rings is 2. The van der Waals surface area contributed by atoms with Crippen LogP contribution in [0.5, 0.6) is 11.5 Å². The molecule has 1 heterocycles. The number of rotatable bonds is 6. The van der Waals surface area contributed by atoms with E-state index in [1.165, 1.54) is 0 Å². The van der Waals surface area contributed by atoms with Gasteiger partial charge in [0.15, 0.2) is 11.5 Å². The molecule has 1 aliphatic heterocycles. The maximum absolute atomic E-state index is 11.5. The zero-order valence-corrected chi connectivity index (χ0v) is 12.0. The van der Waals surface area contributed by atoms with Crippen LogP contribution in [0.4, 0.5) is 0 Å². The molecule has 0 bridgehead atoms. The molecule has 2 unspecified atom stereocenters. The second-order valence-corrected chi connectivity index (χ2v) is 5.24. The van der Waals surface area contributed by atoms with Crippen LogP contribution < -0.4 is 9.47 Å². The van der Waals surface area contributed by atoms with Gasteiger partial charge >= 0.3 is 0 Å². The Morgan fingerprint density at radius 2 is 1.55 bits per heavy atom. The molecule has 2 atom stereocenters. The lowest BCUT2D eigenvalue weighted by molar-refractivity contribution is -0.110. The molecule has 0 saturated heterocycles. The Morgan fingerprint density at radius 1 is 0.864 bits per heavy atom.